The van der Waals surface area contributed by atoms with Gasteiger partial charge in [-0.2, -0.15) is 0 Å². The number of halogens is 1. The number of carbonyl (C=O) groups excluding carboxylic acids is 2. The predicted octanol–water partition coefficient (Wildman–Crippen LogP) is 1.77. The second kappa shape index (κ2) is 10.2. The van der Waals surface area contributed by atoms with Crippen molar-refractivity contribution in [2.75, 3.05) is 13.7 Å². The van der Waals surface area contributed by atoms with Crippen molar-refractivity contribution in [2.24, 2.45) is 0 Å². The zero-order chi connectivity index (χ0) is 21.4. The molecule has 1 atom stereocenters. The Morgan fingerprint density at radius 3 is 2.48 bits per heavy atom. The first-order valence-electron chi connectivity index (χ1n) is 8.66. The lowest BCUT2D eigenvalue weighted by molar-refractivity contribution is -0.133. The van der Waals surface area contributed by atoms with Crippen LogP contribution in [-0.4, -0.2) is 52.8 Å². The number of aliphatic hydroxyl groups excluding tert-OH is 1. The first kappa shape index (κ1) is 21.8. The van der Waals surface area contributed by atoms with Crippen molar-refractivity contribution in [1.29, 1.82) is 0 Å². The van der Waals surface area contributed by atoms with Crippen molar-refractivity contribution in [3.8, 4) is 0 Å². The Morgan fingerprint density at radius 1 is 1.17 bits per heavy atom. The van der Waals surface area contributed by atoms with Crippen molar-refractivity contribution in [1.82, 2.24) is 10.2 Å². The fraction of sp³-hybridized carbons (Fsp3) is 0.250. The van der Waals surface area contributed by atoms with E-state index in [0.717, 1.165) is 28.7 Å². The smallest absolute Gasteiger partial charge is 0.408 e. The number of rotatable bonds is 8. The highest BCUT2D eigenvalue weighted by atomic mass is 19.1. The van der Waals surface area contributed by atoms with Crippen molar-refractivity contribution < 1.29 is 33.7 Å². The molecule has 9 heteroatoms. The quantitative estimate of drug-likeness (QED) is 0.618. The number of aliphatic hydroxyl groups is 1. The van der Waals surface area contributed by atoms with Crippen LogP contribution in [0.2, 0.25) is 0 Å². The van der Waals surface area contributed by atoms with E-state index in [0.29, 0.717) is 0 Å². The van der Waals surface area contributed by atoms with E-state index in [9.17, 15) is 23.9 Å². The molecule has 29 heavy (non-hydrogen) atoms. The first-order chi connectivity index (χ1) is 13.8. The number of carboxylic acids is 1. The number of alkyl carbamates (subject to hydrolysis) is 1. The molecule has 3 N–H and O–H groups in total. The molecule has 0 aromatic heterocycles. The van der Waals surface area contributed by atoms with Gasteiger partial charge in [-0.1, -0.05) is 30.3 Å². The van der Waals surface area contributed by atoms with Gasteiger partial charge in [-0.3, -0.25) is 4.79 Å². The number of likely N-dealkylation sites (N-methyl/N-ethyl adjacent to an activating group) is 1. The number of aromatic carboxylic acids is 1. The van der Waals surface area contributed by atoms with Gasteiger partial charge in [0.2, 0.25) is 5.91 Å². The van der Waals surface area contributed by atoms with Gasteiger partial charge in [0.15, 0.2) is 0 Å². The van der Waals surface area contributed by atoms with Crippen molar-refractivity contribution in [3.05, 3.63) is 71.0 Å². The predicted molar refractivity (Wildman–Crippen MR) is 100 cm³/mol. The zero-order valence-electron chi connectivity index (χ0n) is 15.7. The third kappa shape index (κ3) is 6.28. The Kier molecular flexibility index (Phi) is 7.67. The number of nitrogens with zero attached hydrogens (tertiary/aromatic N) is 1. The maximum atomic E-state index is 13.9. The fourth-order valence-electron chi connectivity index (χ4n) is 2.52. The van der Waals surface area contributed by atoms with E-state index in [-0.39, 0.29) is 24.3 Å². The molecule has 2 amide bonds. The summed E-state index contributed by atoms with van der Waals surface area (Å²) in [6.07, 6.45) is -0.895. The van der Waals surface area contributed by atoms with Gasteiger partial charge in [0.1, 0.15) is 18.5 Å². The summed E-state index contributed by atoms with van der Waals surface area (Å²) in [4.78, 5) is 36.5. The van der Waals surface area contributed by atoms with E-state index < -0.39 is 36.4 Å². The van der Waals surface area contributed by atoms with Crippen molar-refractivity contribution in [2.45, 2.75) is 19.2 Å². The number of ether oxygens (including phenoxy) is 1. The van der Waals surface area contributed by atoms with Gasteiger partial charge in [0, 0.05) is 19.2 Å². The van der Waals surface area contributed by atoms with Gasteiger partial charge in [-0.25, -0.2) is 14.0 Å². The third-order valence-electron chi connectivity index (χ3n) is 4.06. The number of carbonyl (C=O) groups is 3. The Labute approximate surface area is 166 Å². The lowest BCUT2D eigenvalue weighted by Crippen LogP contribution is -2.49. The molecular weight excluding hydrogens is 383 g/mol. The van der Waals surface area contributed by atoms with E-state index in [1.54, 1.807) is 24.3 Å². The van der Waals surface area contributed by atoms with E-state index in [2.05, 4.69) is 5.32 Å². The second-order valence-electron chi connectivity index (χ2n) is 6.25. The number of carboxylic acid groups (broad SMARTS) is 1. The van der Waals surface area contributed by atoms with Gasteiger partial charge in [0.05, 0.1) is 12.2 Å². The number of nitrogens with one attached hydrogen (secondary N) is 1. The SMILES string of the molecule is CN(Cc1cc(C(=O)O)ccc1F)C(=O)[C@H](CO)NC(=O)OCc1ccccc1. The summed E-state index contributed by atoms with van der Waals surface area (Å²) in [5.41, 5.74) is 0.619. The maximum Gasteiger partial charge on any atom is 0.408 e. The molecule has 0 aliphatic carbocycles. The molecule has 2 aromatic carbocycles. The molecule has 154 valence electrons. The lowest BCUT2D eigenvalue weighted by atomic mass is 10.1. The van der Waals surface area contributed by atoms with E-state index in [4.69, 9.17) is 9.84 Å². The van der Waals surface area contributed by atoms with Crippen LogP contribution in [0.3, 0.4) is 0 Å². The molecule has 0 bridgehead atoms. The largest absolute Gasteiger partial charge is 0.478 e. The molecule has 0 spiro atoms. The molecule has 0 unspecified atom stereocenters. The van der Waals surface area contributed by atoms with Crippen molar-refractivity contribution in [3.63, 3.8) is 0 Å². The molecule has 8 nitrogen and oxygen atoms in total. The minimum absolute atomic E-state index is 0.0101. The monoisotopic (exact) mass is 404 g/mol. The minimum Gasteiger partial charge on any atom is -0.478 e. The third-order valence-corrected chi connectivity index (χ3v) is 4.06. The van der Waals surface area contributed by atoms with Gasteiger partial charge < -0.3 is 25.2 Å². The second-order valence-corrected chi connectivity index (χ2v) is 6.25. The molecular formula is C20H21FN2O6. The molecule has 0 fully saturated rings. The van der Waals surface area contributed by atoms with Crippen LogP contribution in [0.4, 0.5) is 9.18 Å². The van der Waals surface area contributed by atoms with Crippen LogP contribution in [0.25, 0.3) is 0 Å². The molecule has 0 aliphatic heterocycles. The molecule has 0 aliphatic rings. The van der Waals surface area contributed by atoms with Crippen LogP contribution in [0.5, 0.6) is 0 Å². The molecule has 0 saturated carbocycles. The summed E-state index contributed by atoms with van der Waals surface area (Å²) in [6.45, 7) is -0.952. The number of hydrogen-bond donors (Lipinski definition) is 3. The van der Waals surface area contributed by atoms with Gasteiger partial charge in [-0.05, 0) is 23.8 Å². The molecule has 0 saturated heterocycles. The average molecular weight is 404 g/mol. The number of hydrogen-bond acceptors (Lipinski definition) is 5. The highest BCUT2D eigenvalue weighted by Gasteiger charge is 2.25. The van der Waals surface area contributed by atoms with Crippen LogP contribution in [-0.2, 0) is 22.7 Å². The Balaban J connectivity index is 1.96. The van der Waals surface area contributed by atoms with Crippen LogP contribution < -0.4 is 5.32 Å². The summed E-state index contributed by atoms with van der Waals surface area (Å²) in [5.74, 6) is -2.59. The topological polar surface area (TPSA) is 116 Å². The molecule has 2 aromatic rings. The summed E-state index contributed by atoms with van der Waals surface area (Å²) in [7, 11) is 1.34. The number of benzene rings is 2. The zero-order valence-corrected chi connectivity index (χ0v) is 15.7. The van der Waals surface area contributed by atoms with E-state index >= 15 is 0 Å². The lowest BCUT2D eigenvalue weighted by Gasteiger charge is -2.23. The average Bonchev–Trinajstić information content (AvgIpc) is 2.72. The first-order valence-corrected chi connectivity index (χ1v) is 8.66. The van der Waals surface area contributed by atoms with Crippen LogP contribution in [0.1, 0.15) is 21.5 Å². The summed E-state index contributed by atoms with van der Waals surface area (Å²) < 4.78 is 19.0. The Bertz CT molecular complexity index is 875. The highest BCUT2D eigenvalue weighted by Crippen LogP contribution is 2.13. The summed E-state index contributed by atoms with van der Waals surface area (Å²) >= 11 is 0. The fourth-order valence-corrected chi connectivity index (χ4v) is 2.52. The van der Waals surface area contributed by atoms with Crippen LogP contribution in [0.15, 0.2) is 48.5 Å². The summed E-state index contributed by atoms with van der Waals surface area (Å²) in [5, 5.41) is 20.7. The Morgan fingerprint density at radius 2 is 1.86 bits per heavy atom. The molecule has 2 rings (SSSR count). The normalized spacial score (nSPS) is 11.4. The van der Waals surface area contributed by atoms with Crippen LogP contribution in [0, 0.1) is 5.82 Å². The highest BCUT2D eigenvalue weighted by molar-refractivity contribution is 5.88. The van der Waals surface area contributed by atoms with E-state index in [1.165, 1.54) is 7.05 Å². The number of amides is 2. The van der Waals surface area contributed by atoms with Gasteiger partial charge in [-0.15, -0.1) is 0 Å². The summed E-state index contributed by atoms with van der Waals surface area (Å²) in [6, 6.07) is 10.8. The standard InChI is InChI=1S/C20H21FN2O6/c1-23(10-15-9-14(19(26)27)7-8-16(15)21)18(25)17(11-24)22-20(28)29-12-13-5-3-2-4-6-13/h2-9,17,24H,10-12H2,1H3,(H,22,28)(H,26,27)/t17-/m0/s1. The van der Waals surface area contributed by atoms with Crippen LogP contribution >= 0.6 is 0 Å². The van der Waals surface area contributed by atoms with E-state index in [1.807, 2.05) is 6.07 Å². The van der Waals surface area contributed by atoms with Gasteiger partial charge >= 0.3 is 12.1 Å². The molecule has 0 heterocycles. The minimum atomic E-state index is -1.30. The maximum absolute atomic E-state index is 13.9. The van der Waals surface area contributed by atoms with Gasteiger partial charge in [0.25, 0.3) is 0 Å². The van der Waals surface area contributed by atoms with Crippen molar-refractivity contribution >= 4 is 18.0 Å². The molecule has 0 radical (unpaired) electrons. The Hall–Kier alpha value is -3.46.